The topological polar surface area (TPSA) is 196 Å². The molecule has 0 heterocycles. The van der Waals surface area contributed by atoms with Gasteiger partial charge in [0.05, 0.1) is 0 Å². The summed E-state index contributed by atoms with van der Waals surface area (Å²) in [5, 5.41) is 0. The van der Waals surface area contributed by atoms with Crippen LogP contribution in [-0.4, -0.2) is 19.6 Å². The fraction of sp³-hybridized carbons (Fsp3) is 0. The van der Waals surface area contributed by atoms with Crippen LogP contribution in [0.2, 0.25) is 0 Å². The molecule has 9 nitrogen and oxygen atoms in total. The van der Waals surface area contributed by atoms with Crippen molar-refractivity contribution < 1.29 is 119 Å². The van der Waals surface area contributed by atoms with E-state index in [1.807, 2.05) is 0 Å². The molecule has 0 aromatic carbocycles. The predicted molar refractivity (Wildman–Crippen MR) is 36.4 cm³/mol. The van der Waals surface area contributed by atoms with Crippen molar-refractivity contribution in [2.75, 3.05) is 0 Å². The van der Waals surface area contributed by atoms with Gasteiger partial charge >= 0.3 is 80.9 Å². The van der Waals surface area contributed by atoms with Crippen LogP contribution in [0.15, 0.2) is 0 Å². The number of hydrogen-bond donors (Lipinski definition) is 5. The first kappa shape index (κ1) is 36.0. The molecule has 0 amide bonds. The molecule has 80 valence electrons. The second kappa shape index (κ2) is 16.1. The average molecular weight is 310 g/mol. The molecule has 0 aromatic heterocycles. The predicted octanol–water partition coefficient (Wildman–Crippen LogP) is -8.53. The van der Waals surface area contributed by atoms with E-state index in [2.05, 4.69) is 0 Å². The standard InChI is InChI=1S/ClH.K.H3N.Na.2H3O4P/c;;;;2*1-5(2,3)4/h1H;;1H3;;2*(H3,1,2,3,4)/q;+1;;+1;;/p-2. The molecule has 0 saturated heterocycles. The van der Waals surface area contributed by atoms with Gasteiger partial charge in [0.15, 0.2) is 0 Å². The SMILES string of the molecule is Cl.N.O=P([O-])(O)O.O=P([O-])(O)O.[K+].[Na+]. The van der Waals surface area contributed by atoms with Crippen LogP contribution < -0.4 is 96.9 Å². The minimum absolute atomic E-state index is 0. The van der Waals surface area contributed by atoms with Gasteiger partial charge < -0.3 is 35.5 Å². The Morgan fingerprint density at radius 3 is 0.857 bits per heavy atom. The first-order valence-electron chi connectivity index (χ1n) is 1.53. The van der Waals surface area contributed by atoms with Crippen LogP contribution in [0.1, 0.15) is 0 Å². The maximum Gasteiger partial charge on any atom is 1.00 e. The number of hydrogen-bond acceptors (Lipinski definition) is 5. The third-order valence-corrected chi connectivity index (χ3v) is 0. The Hall–Kier alpha value is 3.11. The summed E-state index contributed by atoms with van der Waals surface area (Å²) >= 11 is 0. The molecular weight excluding hydrogens is 301 g/mol. The molecule has 0 rings (SSSR count). The van der Waals surface area contributed by atoms with Crippen molar-refractivity contribution >= 4 is 28.1 Å². The zero-order chi connectivity index (χ0) is 9.00. The molecule has 0 spiro atoms. The zero-order valence-electron chi connectivity index (χ0n) is 7.43. The Morgan fingerprint density at radius 1 is 0.857 bits per heavy atom. The van der Waals surface area contributed by atoms with Crippen LogP contribution in [0.3, 0.4) is 0 Å². The second-order valence-corrected chi connectivity index (χ2v) is 2.94. The van der Waals surface area contributed by atoms with Gasteiger partial charge in [0.25, 0.3) is 15.6 Å². The minimum atomic E-state index is -4.89. The summed E-state index contributed by atoms with van der Waals surface area (Å²) in [4.78, 5) is 45.8. The van der Waals surface area contributed by atoms with Gasteiger partial charge in [0.2, 0.25) is 0 Å². The summed E-state index contributed by atoms with van der Waals surface area (Å²) in [5.74, 6) is 0. The van der Waals surface area contributed by atoms with Gasteiger partial charge in [-0.2, -0.15) is 0 Å². The first-order chi connectivity index (χ1) is 4.00. The molecule has 14 heteroatoms. The molecule has 7 N–H and O–H groups in total. The molecule has 0 aliphatic heterocycles. The molecule has 0 aliphatic rings. The van der Waals surface area contributed by atoms with Gasteiger partial charge in [-0.25, -0.2) is 0 Å². The fourth-order valence-electron chi connectivity index (χ4n) is 0. The van der Waals surface area contributed by atoms with Gasteiger partial charge in [-0.05, 0) is 0 Å². The normalized spacial score (nSPS) is 8.43. The van der Waals surface area contributed by atoms with Crippen LogP contribution in [0.25, 0.3) is 0 Å². The van der Waals surface area contributed by atoms with E-state index < -0.39 is 15.6 Å². The van der Waals surface area contributed by atoms with E-state index in [1.54, 1.807) is 0 Å². The van der Waals surface area contributed by atoms with E-state index in [4.69, 9.17) is 38.5 Å². The van der Waals surface area contributed by atoms with Crippen LogP contribution in [0.5, 0.6) is 0 Å². The summed E-state index contributed by atoms with van der Waals surface area (Å²) < 4.78 is 17.5. The summed E-state index contributed by atoms with van der Waals surface area (Å²) in [6.45, 7) is 0. The quantitative estimate of drug-likeness (QED) is 0.213. The summed E-state index contributed by atoms with van der Waals surface area (Å²) in [6, 6.07) is 0. The molecule has 0 aromatic rings. The van der Waals surface area contributed by atoms with Crippen molar-refractivity contribution in [1.29, 1.82) is 0 Å². The van der Waals surface area contributed by atoms with Crippen molar-refractivity contribution in [2.45, 2.75) is 0 Å². The third kappa shape index (κ3) is 312. The molecule has 0 aliphatic carbocycles. The van der Waals surface area contributed by atoms with Crippen LogP contribution in [-0.2, 0) is 9.13 Å². The Labute approximate surface area is 151 Å². The van der Waals surface area contributed by atoms with Crippen LogP contribution in [0.4, 0.5) is 0 Å². The molecule has 0 atom stereocenters. The molecule has 0 bridgehead atoms. The Balaban J connectivity index is -0.0000000178. The molecule has 14 heavy (non-hydrogen) atoms. The van der Waals surface area contributed by atoms with E-state index in [0.717, 1.165) is 0 Å². The second-order valence-electron chi connectivity index (χ2n) is 0.981. The minimum Gasteiger partial charge on any atom is -0.756 e. The van der Waals surface area contributed by atoms with E-state index in [-0.39, 0.29) is 99.5 Å². The van der Waals surface area contributed by atoms with Crippen molar-refractivity contribution in [2.24, 2.45) is 0 Å². The van der Waals surface area contributed by atoms with Gasteiger partial charge in [0, 0.05) is 0 Å². The molecule has 0 saturated carbocycles. The number of halogens is 1. The third-order valence-electron chi connectivity index (χ3n) is 0. The van der Waals surface area contributed by atoms with E-state index >= 15 is 0 Å². The van der Waals surface area contributed by atoms with Crippen molar-refractivity contribution in [3.8, 4) is 0 Å². The zero-order valence-corrected chi connectivity index (χ0v) is 15.2. The van der Waals surface area contributed by atoms with Crippen LogP contribution >= 0.6 is 28.1 Å². The van der Waals surface area contributed by atoms with Crippen LogP contribution in [0, 0.1) is 0 Å². The average Bonchev–Trinajstić information content (AvgIpc) is 1.12. The monoisotopic (exact) mass is 309 g/mol. The maximum absolute atomic E-state index is 8.77. The fourth-order valence-corrected chi connectivity index (χ4v) is 0. The summed E-state index contributed by atoms with van der Waals surface area (Å²) in [7, 11) is -9.78. The number of phosphoric acid groups is 2. The van der Waals surface area contributed by atoms with Crippen molar-refractivity contribution in [3.05, 3.63) is 0 Å². The van der Waals surface area contributed by atoms with Gasteiger partial charge in [-0.15, -0.1) is 12.4 Å². The molecule has 0 fully saturated rings. The van der Waals surface area contributed by atoms with Gasteiger partial charge in [-0.3, -0.25) is 9.13 Å². The Kier molecular flexibility index (Phi) is 41.4. The van der Waals surface area contributed by atoms with Gasteiger partial charge in [0.1, 0.15) is 0 Å². The summed E-state index contributed by atoms with van der Waals surface area (Å²) in [6.07, 6.45) is 0. The molecule has 0 radical (unpaired) electrons. The number of rotatable bonds is 0. The van der Waals surface area contributed by atoms with Crippen molar-refractivity contribution in [1.82, 2.24) is 6.15 Å². The van der Waals surface area contributed by atoms with E-state index in [1.165, 1.54) is 0 Å². The maximum atomic E-state index is 8.77. The first-order valence-corrected chi connectivity index (χ1v) is 4.59. The van der Waals surface area contributed by atoms with E-state index in [0.29, 0.717) is 0 Å². The van der Waals surface area contributed by atoms with E-state index in [9.17, 15) is 0 Å². The molecule has 0 unspecified atom stereocenters. The largest absolute Gasteiger partial charge is 1.00 e. The summed E-state index contributed by atoms with van der Waals surface area (Å²) in [5.41, 5.74) is 0. The Bertz CT molecular complexity index is 140. The smallest absolute Gasteiger partial charge is 0.756 e. The Morgan fingerprint density at radius 2 is 0.857 bits per heavy atom. The van der Waals surface area contributed by atoms with Gasteiger partial charge in [-0.1, -0.05) is 0 Å². The molecular formula is H8ClKNNaO8P2. The van der Waals surface area contributed by atoms with Crippen molar-refractivity contribution in [3.63, 3.8) is 0 Å².